The van der Waals surface area contributed by atoms with Crippen molar-refractivity contribution in [1.29, 1.82) is 0 Å². The van der Waals surface area contributed by atoms with E-state index < -0.39 is 0 Å². The summed E-state index contributed by atoms with van der Waals surface area (Å²) in [7, 11) is 0. The van der Waals surface area contributed by atoms with Gasteiger partial charge in [0.2, 0.25) is 0 Å². The molecule has 1 unspecified atom stereocenters. The third-order valence-corrected chi connectivity index (χ3v) is 7.86. The molecule has 1 aromatic carbocycles. The van der Waals surface area contributed by atoms with Gasteiger partial charge in [0.05, 0.1) is 23.2 Å². The Labute approximate surface area is 204 Å². The van der Waals surface area contributed by atoms with Crippen LogP contribution in [0.5, 0.6) is 0 Å². The molecule has 7 nitrogen and oxygen atoms in total. The second kappa shape index (κ2) is 11.4. The maximum atomic E-state index is 13.2. The van der Waals surface area contributed by atoms with Gasteiger partial charge in [-0.3, -0.25) is 10.1 Å². The number of thiazole rings is 1. The number of nitrogens with zero attached hydrogens (tertiary/aromatic N) is 2. The van der Waals surface area contributed by atoms with E-state index in [9.17, 15) is 14.0 Å². The molecule has 9 heteroatoms. The van der Waals surface area contributed by atoms with Gasteiger partial charge in [0.25, 0.3) is 0 Å². The minimum absolute atomic E-state index is 0.0523. The Morgan fingerprint density at radius 3 is 2.79 bits per heavy atom. The number of amides is 2. The number of urea groups is 1. The number of Topliss-reactive ketones (excluding diaryl/α,β-unsaturated/α-hetero) is 1. The van der Waals surface area contributed by atoms with Crippen LogP contribution in [0.3, 0.4) is 0 Å². The number of hydrogen-bond acceptors (Lipinski definition) is 6. The van der Waals surface area contributed by atoms with Crippen molar-refractivity contribution in [3.8, 4) is 0 Å². The van der Waals surface area contributed by atoms with E-state index in [0.717, 1.165) is 38.9 Å². The van der Waals surface area contributed by atoms with Crippen molar-refractivity contribution >= 4 is 28.3 Å². The van der Waals surface area contributed by atoms with Crippen LogP contribution in [-0.2, 0) is 11.2 Å². The van der Waals surface area contributed by atoms with Crippen LogP contribution in [-0.4, -0.2) is 60.6 Å². The standard InChI is InChI=1S/C25H33FN4O3S/c1-16-23(17(2)31)34-25(27-16)29-24(32)28-22-15-33-11-9-20(22)14-30-10-3-4-19(13-30)12-18-5-7-21(26)8-6-18/h5-8,19-20,22H,3-4,9-15H2,1-2H3,(H2,27,28,29,32)/t19?,20-,22+/m0/s1. The topological polar surface area (TPSA) is 83.6 Å². The van der Waals surface area contributed by atoms with E-state index in [1.165, 1.54) is 42.4 Å². The number of piperidine rings is 1. The summed E-state index contributed by atoms with van der Waals surface area (Å²) in [4.78, 5) is 31.7. The van der Waals surface area contributed by atoms with Gasteiger partial charge in [0.15, 0.2) is 10.9 Å². The molecule has 2 N–H and O–H groups in total. The highest BCUT2D eigenvalue weighted by molar-refractivity contribution is 7.17. The average molecular weight is 489 g/mol. The molecule has 4 rings (SSSR count). The Hall–Kier alpha value is -2.36. The molecule has 0 spiro atoms. The number of carbonyl (C=O) groups is 2. The minimum atomic E-state index is -0.322. The van der Waals surface area contributed by atoms with Crippen LogP contribution in [0.1, 0.15) is 47.1 Å². The van der Waals surface area contributed by atoms with Gasteiger partial charge < -0.3 is 15.0 Å². The van der Waals surface area contributed by atoms with Crippen LogP contribution >= 0.6 is 11.3 Å². The summed E-state index contributed by atoms with van der Waals surface area (Å²) in [5.41, 5.74) is 1.81. The van der Waals surface area contributed by atoms with Crippen LogP contribution in [0.2, 0.25) is 0 Å². The van der Waals surface area contributed by atoms with Gasteiger partial charge in [-0.15, -0.1) is 0 Å². The smallest absolute Gasteiger partial charge is 0.321 e. The summed E-state index contributed by atoms with van der Waals surface area (Å²) >= 11 is 1.20. The maximum absolute atomic E-state index is 13.2. The van der Waals surface area contributed by atoms with Crippen molar-refractivity contribution in [2.45, 2.75) is 45.6 Å². The first kappa shape index (κ1) is 24.8. The second-order valence-electron chi connectivity index (χ2n) is 9.42. The Balaban J connectivity index is 1.30. The Kier molecular flexibility index (Phi) is 8.28. The molecule has 0 aliphatic carbocycles. The molecule has 2 aliphatic rings. The van der Waals surface area contributed by atoms with Crippen molar-refractivity contribution in [3.63, 3.8) is 0 Å². The van der Waals surface area contributed by atoms with Gasteiger partial charge >= 0.3 is 6.03 Å². The maximum Gasteiger partial charge on any atom is 0.321 e. The molecule has 3 atom stereocenters. The summed E-state index contributed by atoms with van der Waals surface area (Å²) in [6.07, 6.45) is 4.19. The van der Waals surface area contributed by atoms with Crippen molar-refractivity contribution in [1.82, 2.24) is 15.2 Å². The van der Waals surface area contributed by atoms with Crippen LogP contribution in [0.4, 0.5) is 14.3 Å². The van der Waals surface area contributed by atoms with Crippen LogP contribution < -0.4 is 10.6 Å². The molecule has 2 aliphatic heterocycles. The quantitative estimate of drug-likeness (QED) is 0.569. The largest absolute Gasteiger partial charge is 0.379 e. The van der Waals surface area contributed by atoms with Crippen molar-refractivity contribution < 1.29 is 18.7 Å². The summed E-state index contributed by atoms with van der Waals surface area (Å²) in [5, 5.41) is 6.27. The third kappa shape index (κ3) is 6.61. The Bertz CT molecular complexity index is 997. The Morgan fingerprint density at radius 2 is 2.06 bits per heavy atom. The number of ether oxygens (including phenoxy) is 1. The highest BCUT2D eigenvalue weighted by Crippen LogP contribution is 2.25. The number of ketones is 1. The first-order chi connectivity index (χ1) is 16.4. The minimum Gasteiger partial charge on any atom is -0.379 e. The van der Waals surface area contributed by atoms with Crippen molar-refractivity contribution in [2.75, 3.05) is 38.2 Å². The number of carbonyl (C=O) groups excluding carboxylic acids is 2. The zero-order chi connectivity index (χ0) is 24.1. The van der Waals surface area contributed by atoms with E-state index >= 15 is 0 Å². The van der Waals surface area contributed by atoms with Crippen LogP contribution in [0.25, 0.3) is 0 Å². The summed E-state index contributed by atoms with van der Waals surface area (Å²) in [6.45, 7) is 7.44. The lowest BCUT2D eigenvalue weighted by Gasteiger charge is -2.39. The fourth-order valence-electron chi connectivity index (χ4n) is 5.01. The van der Waals surface area contributed by atoms with Gasteiger partial charge in [-0.25, -0.2) is 14.2 Å². The molecule has 2 saturated heterocycles. The monoisotopic (exact) mass is 488 g/mol. The fourth-order valence-corrected chi connectivity index (χ4v) is 5.86. The number of nitrogens with one attached hydrogen (secondary N) is 2. The number of rotatable bonds is 7. The molecule has 0 saturated carbocycles. The molecule has 2 amide bonds. The number of likely N-dealkylation sites (tertiary alicyclic amines) is 1. The normalized spacial score (nSPS) is 23.4. The fraction of sp³-hybridized carbons (Fsp3) is 0.560. The van der Waals surface area contributed by atoms with E-state index in [2.05, 4.69) is 20.5 Å². The van der Waals surface area contributed by atoms with Crippen molar-refractivity contribution in [3.05, 3.63) is 46.2 Å². The van der Waals surface area contributed by atoms with Gasteiger partial charge in [0, 0.05) is 26.6 Å². The molecule has 184 valence electrons. The summed E-state index contributed by atoms with van der Waals surface area (Å²) < 4.78 is 18.9. The molecule has 3 heterocycles. The first-order valence-electron chi connectivity index (χ1n) is 12.0. The first-order valence-corrected chi connectivity index (χ1v) is 12.8. The molecule has 34 heavy (non-hydrogen) atoms. The lowest BCUT2D eigenvalue weighted by molar-refractivity contribution is 0.0215. The average Bonchev–Trinajstić information content (AvgIpc) is 3.17. The predicted molar refractivity (Wildman–Crippen MR) is 131 cm³/mol. The predicted octanol–water partition coefficient (Wildman–Crippen LogP) is 4.27. The molecule has 1 aromatic heterocycles. The number of hydrogen-bond donors (Lipinski definition) is 2. The van der Waals surface area contributed by atoms with E-state index in [1.54, 1.807) is 6.92 Å². The van der Waals surface area contributed by atoms with Gasteiger partial charge in [0.1, 0.15) is 5.82 Å². The SMILES string of the molecule is CC(=O)c1sc(NC(=O)N[C@@H]2COCC[C@H]2CN2CCCC(Cc3ccc(F)cc3)C2)nc1C. The number of aryl methyl sites for hydroxylation is 1. The molecular weight excluding hydrogens is 455 g/mol. The zero-order valence-electron chi connectivity index (χ0n) is 19.8. The molecule has 2 aromatic rings. The van der Waals surface area contributed by atoms with E-state index in [-0.39, 0.29) is 23.7 Å². The number of anilines is 1. The second-order valence-corrected chi connectivity index (χ2v) is 10.4. The third-order valence-electron chi connectivity index (χ3n) is 6.69. The highest BCUT2D eigenvalue weighted by Gasteiger charge is 2.31. The summed E-state index contributed by atoms with van der Waals surface area (Å²) in [5.74, 6) is 0.608. The molecule has 0 radical (unpaired) electrons. The van der Waals surface area contributed by atoms with Gasteiger partial charge in [-0.1, -0.05) is 23.5 Å². The zero-order valence-corrected chi connectivity index (χ0v) is 20.6. The lowest BCUT2D eigenvalue weighted by Crippen LogP contribution is -2.52. The number of benzene rings is 1. The number of halogens is 1. The van der Waals surface area contributed by atoms with E-state index in [1.807, 2.05) is 12.1 Å². The lowest BCUT2D eigenvalue weighted by atomic mass is 9.89. The molecule has 0 bridgehead atoms. The summed E-state index contributed by atoms with van der Waals surface area (Å²) in [6, 6.07) is 6.43. The molecule has 2 fully saturated rings. The van der Waals surface area contributed by atoms with Crippen LogP contribution in [0.15, 0.2) is 24.3 Å². The van der Waals surface area contributed by atoms with Crippen LogP contribution in [0, 0.1) is 24.6 Å². The van der Waals surface area contributed by atoms with E-state index in [0.29, 0.717) is 40.8 Å². The van der Waals surface area contributed by atoms with Crippen molar-refractivity contribution in [2.24, 2.45) is 11.8 Å². The van der Waals surface area contributed by atoms with Gasteiger partial charge in [-0.05, 0) is 68.7 Å². The van der Waals surface area contributed by atoms with E-state index in [4.69, 9.17) is 4.74 Å². The Morgan fingerprint density at radius 1 is 1.26 bits per heavy atom. The number of aromatic nitrogens is 1. The highest BCUT2D eigenvalue weighted by atomic mass is 32.1. The molecular formula is C25H33FN4O3S. The van der Waals surface area contributed by atoms with Gasteiger partial charge in [-0.2, -0.15) is 0 Å².